The molecule has 1 aliphatic rings. The minimum atomic E-state index is -4.67. The first-order valence-electron chi connectivity index (χ1n) is 10.3. The molecule has 0 unspecified atom stereocenters. The van der Waals surface area contributed by atoms with Gasteiger partial charge in [-0.2, -0.15) is 23.4 Å². The van der Waals surface area contributed by atoms with Crippen LogP contribution in [-0.4, -0.2) is 30.0 Å². The molecule has 1 saturated carbocycles. The number of carbonyl (C=O) groups excluding carboxylic acids is 1. The number of aryl methyl sites for hydroxylation is 2. The Balaban J connectivity index is 1.62. The van der Waals surface area contributed by atoms with Gasteiger partial charge in [-0.1, -0.05) is 12.8 Å². The minimum absolute atomic E-state index is 0.0222. The van der Waals surface area contributed by atoms with Crippen LogP contribution in [0.4, 0.5) is 19.0 Å². The third kappa shape index (κ3) is 4.35. The number of rotatable bonds is 6. The van der Waals surface area contributed by atoms with Gasteiger partial charge in [0.25, 0.3) is 5.56 Å². The summed E-state index contributed by atoms with van der Waals surface area (Å²) in [7, 11) is 0. The molecule has 3 aromatic rings. The second kappa shape index (κ2) is 8.20. The van der Waals surface area contributed by atoms with Gasteiger partial charge >= 0.3 is 6.18 Å². The Hall–Kier alpha value is -3.11. The molecule has 166 valence electrons. The average Bonchev–Trinajstić information content (AvgIpc) is 3.45. The fourth-order valence-electron chi connectivity index (χ4n) is 3.98. The topological polar surface area (TPSA) is 86.7 Å². The van der Waals surface area contributed by atoms with Crippen molar-refractivity contribution < 1.29 is 18.0 Å². The van der Waals surface area contributed by atoms with Crippen molar-refractivity contribution in [3.8, 4) is 0 Å². The van der Waals surface area contributed by atoms with Crippen LogP contribution in [0.2, 0.25) is 0 Å². The molecule has 11 heteroatoms. The van der Waals surface area contributed by atoms with Crippen molar-refractivity contribution in [3.05, 3.63) is 40.4 Å². The number of carbonyl (C=O) groups is 1. The zero-order valence-corrected chi connectivity index (χ0v) is 17.0. The largest absolute Gasteiger partial charge is 0.417 e. The van der Waals surface area contributed by atoms with Crippen LogP contribution >= 0.6 is 0 Å². The summed E-state index contributed by atoms with van der Waals surface area (Å²) < 4.78 is 45.0. The van der Waals surface area contributed by atoms with Gasteiger partial charge in [0.15, 0.2) is 11.5 Å². The highest BCUT2D eigenvalue weighted by molar-refractivity contribution is 5.89. The van der Waals surface area contributed by atoms with Crippen molar-refractivity contribution in [2.75, 3.05) is 5.32 Å². The Morgan fingerprint density at radius 2 is 2.00 bits per heavy atom. The molecule has 0 aromatic carbocycles. The van der Waals surface area contributed by atoms with E-state index in [1.807, 2.05) is 6.92 Å². The number of anilines is 1. The number of alkyl halides is 3. The van der Waals surface area contributed by atoms with Gasteiger partial charge < -0.3 is 5.32 Å². The standard InChI is InChI=1S/C20H23F3N6O2/c1-2-27-9-7-16(25-27)24-17(30)8-10-28-18(31)11-15(20(21,22)23)14-12-29(26-19(14)28)13-5-3-4-6-13/h7,9,11-13H,2-6,8,10H2,1H3,(H,24,25,30). The highest BCUT2D eigenvalue weighted by Crippen LogP contribution is 2.35. The fourth-order valence-corrected chi connectivity index (χ4v) is 3.98. The van der Waals surface area contributed by atoms with E-state index in [0.717, 1.165) is 30.3 Å². The Morgan fingerprint density at radius 3 is 2.65 bits per heavy atom. The molecule has 0 radical (unpaired) electrons. The highest BCUT2D eigenvalue weighted by atomic mass is 19.4. The number of amides is 1. The van der Waals surface area contributed by atoms with Gasteiger partial charge in [-0.25, -0.2) is 0 Å². The molecule has 1 amide bonds. The first-order valence-corrected chi connectivity index (χ1v) is 10.3. The van der Waals surface area contributed by atoms with Gasteiger partial charge in [0.2, 0.25) is 5.91 Å². The van der Waals surface area contributed by atoms with Crippen LogP contribution < -0.4 is 10.9 Å². The van der Waals surface area contributed by atoms with E-state index < -0.39 is 23.2 Å². The van der Waals surface area contributed by atoms with Gasteiger partial charge in [0.1, 0.15) is 0 Å². The summed E-state index contributed by atoms with van der Waals surface area (Å²) in [6.07, 6.45) is 1.99. The average molecular weight is 436 g/mol. The van der Waals surface area contributed by atoms with Gasteiger partial charge in [-0.3, -0.25) is 23.5 Å². The van der Waals surface area contributed by atoms with Gasteiger partial charge in [-0.15, -0.1) is 0 Å². The van der Waals surface area contributed by atoms with Crippen molar-refractivity contribution in [1.29, 1.82) is 0 Å². The number of hydrogen-bond donors (Lipinski definition) is 1. The molecular formula is C20H23F3N6O2. The monoisotopic (exact) mass is 436 g/mol. The normalized spacial score (nSPS) is 15.1. The third-order valence-electron chi connectivity index (χ3n) is 5.59. The molecule has 0 aliphatic heterocycles. The summed E-state index contributed by atoms with van der Waals surface area (Å²) in [5, 5.41) is 11.0. The van der Waals surface area contributed by atoms with Crippen LogP contribution in [0, 0.1) is 0 Å². The summed E-state index contributed by atoms with van der Waals surface area (Å²) in [6, 6.07) is 2.26. The van der Waals surface area contributed by atoms with E-state index in [4.69, 9.17) is 0 Å². The number of fused-ring (bicyclic) bond motifs is 1. The lowest BCUT2D eigenvalue weighted by Crippen LogP contribution is -2.25. The summed E-state index contributed by atoms with van der Waals surface area (Å²) in [6.45, 7) is 2.47. The first-order chi connectivity index (χ1) is 14.8. The van der Waals surface area contributed by atoms with Crippen molar-refractivity contribution in [2.24, 2.45) is 0 Å². The Kier molecular flexibility index (Phi) is 5.59. The van der Waals surface area contributed by atoms with E-state index in [1.165, 1.54) is 6.20 Å². The molecule has 31 heavy (non-hydrogen) atoms. The predicted molar refractivity (Wildman–Crippen MR) is 108 cm³/mol. The van der Waals surface area contributed by atoms with Gasteiger partial charge in [-0.05, 0) is 19.8 Å². The molecule has 3 heterocycles. The van der Waals surface area contributed by atoms with Crippen molar-refractivity contribution in [3.63, 3.8) is 0 Å². The molecule has 1 N–H and O–H groups in total. The van der Waals surface area contributed by atoms with Gasteiger partial charge in [0, 0.05) is 49.4 Å². The first kappa shape index (κ1) is 21.1. The zero-order valence-electron chi connectivity index (χ0n) is 17.0. The SMILES string of the molecule is CCn1ccc(NC(=O)CCn2c(=O)cc(C(F)(F)F)c3cn(C4CCCC4)nc32)n1. The Bertz CT molecular complexity index is 1150. The van der Waals surface area contributed by atoms with Crippen molar-refractivity contribution in [1.82, 2.24) is 24.1 Å². The number of aromatic nitrogens is 5. The molecule has 0 spiro atoms. The van der Waals surface area contributed by atoms with Crippen molar-refractivity contribution >= 4 is 22.8 Å². The molecule has 0 atom stereocenters. The van der Waals surface area contributed by atoms with Gasteiger partial charge in [0.05, 0.1) is 11.6 Å². The lowest BCUT2D eigenvalue weighted by Gasteiger charge is -2.11. The molecule has 8 nitrogen and oxygen atoms in total. The van der Waals surface area contributed by atoms with Crippen LogP contribution in [0.5, 0.6) is 0 Å². The fraction of sp³-hybridized carbons (Fsp3) is 0.500. The molecule has 0 saturated heterocycles. The third-order valence-corrected chi connectivity index (χ3v) is 5.59. The van der Waals surface area contributed by atoms with E-state index in [1.54, 1.807) is 21.6 Å². The lowest BCUT2D eigenvalue weighted by molar-refractivity contribution is -0.136. The van der Waals surface area contributed by atoms with Crippen LogP contribution in [0.25, 0.3) is 11.0 Å². The zero-order chi connectivity index (χ0) is 22.2. The van der Waals surface area contributed by atoms with Crippen LogP contribution in [0.1, 0.15) is 50.6 Å². The molecule has 3 aromatic heterocycles. The summed E-state index contributed by atoms with van der Waals surface area (Å²) in [5.41, 5.74) is -1.88. The van der Waals surface area contributed by atoms with E-state index in [9.17, 15) is 22.8 Å². The summed E-state index contributed by atoms with van der Waals surface area (Å²) >= 11 is 0. The van der Waals surface area contributed by atoms with Crippen LogP contribution in [0.15, 0.2) is 29.3 Å². The molecular weight excluding hydrogens is 413 g/mol. The number of halogens is 3. The quantitative estimate of drug-likeness (QED) is 0.640. The smallest absolute Gasteiger partial charge is 0.309 e. The Labute approximate surface area is 175 Å². The lowest BCUT2D eigenvalue weighted by atomic mass is 10.1. The summed E-state index contributed by atoms with van der Waals surface area (Å²) in [5.74, 6) is -0.0150. The highest BCUT2D eigenvalue weighted by Gasteiger charge is 2.35. The maximum Gasteiger partial charge on any atom is 0.417 e. The maximum atomic E-state index is 13.5. The van der Waals surface area contributed by atoms with E-state index >= 15 is 0 Å². The molecule has 0 bridgehead atoms. The Morgan fingerprint density at radius 1 is 1.26 bits per heavy atom. The van der Waals surface area contributed by atoms with E-state index in [0.29, 0.717) is 18.4 Å². The minimum Gasteiger partial charge on any atom is -0.309 e. The second-order valence-corrected chi connectivity index (χ2v) is 7.69. The predicted octanol–water partition coefficient (Wildman–Crippen LogP) is 3.58. The summed E-state index contributed by atoms with van der Waals surface area (Å²) in [4.78, 5) is 24.8. The van der Waals surface area contributed by atoms with Crippen molar-refractivity contribution in [2.45, 2.75) is 64.3 Å². The van der Waals surface area contributed by atoms with Crippen LogP contribution in [-0.2, 0) is 24.1 Å². The number of nitrogens with zero attached hydrogens (tertiary/aromatic N) is 5. The number of hydrogen-bond acceptors (Lipinski definition) is 4. The van der Waals surface area contributed by atoms with E-state index in [-0.39, 0.29) is 30.0 Å². The molecule has 1 aliphatic carbocycles. The number of nitrogens with one attached hydrogen (secondary N) is 1. The van der Waals surface area contributed by atoms with E-state index in [2.05, 4.69) is 15.5 Å². The second-order valence-electron chi connectivity index (χ2n) is 7.69. The number of pyridine rings is 1. The molecule has 4 rings (SSSR count). The molecule has 1 fully saturated rings. The van der Waals surface area contributed by atoms with Crippen LogP contribution in [0.3, 0.4) is 0 Å². The maximum absolute atomic E-state index is 13.5.